The molecule has 2 aliphatic heterocycles. The molecule has 0 spiro atoms. The van der Waals surface area contributed by atoms with E-state index in [2.05, 4.69) is 151 Å². The van der Waals surface area contributed by atoms with Gasteiger partial charge < -0.3 is 9.80 Å². The number of hydrogen-bond acceptors (Lipinski definition) is 2. The summed E-state index contributed by atoms with van der Waals surface area (Å²) < 4.78 is 0. The van der Waals surface area contributed by atoms with E-state index in [-0.39, 0.29) is 0 Å². The number of rotatable bonds is 6. The second-order valence-electron chi connectivity index (χ2n) is 11.2. The normalized spacial score (nSPS) is 15.6. The molecule has 0 radical (unpaired) electrons. The molecule has 0 atom stereocenters. The van der Waals surface area contributed by atoms with Crippen molar-refractivity contribution in [1.29, 1.82) is 0 Å². The summed E-state index contributed by atoms with van der Waals surface area (Å²) >= 11 is 0. The molecule has 0 saturated heterocycles. The summed E-state index contributed by atoms with van der Waals surface area (Å²) in [7, 11) is 0. The van der Waals surface area contributed by atoms with E-state index in [1.54, 1.807) is 0 Å². The van der Waals surface area contributed by atoms with Gasteiger partial charge in [0, 0.05) is 24.8 Å². The average Bonchev–Trinajstić information content (AvgIpc) is 2.87. The fourth-order valence-corrected chi connectivity index (χ4v) is 5.16. The molecular weight excluding hydrogens is 436 g/mol. The van der Waals surface area contributed by atoms with Crippen molar-refractivity contribution in [2.45, 2.75) is 79.1 Å². The van der Waals surface area contributed by atoms with E-state index in [1.165, 1.54) is 44.8 Å². The van der Waals surface area contributed by atoms with Crippen LogP contribution in [0.4, 0.5) is 11.4 Å². The first-order valence-corrected chi connectivity index (χ1v) is 13.5. The average molecular weight is 479 g/mol. The monoisotopic (exact) mass is 478 g/mol. The van der Waals surface area contributed by atoms with Crippen molar-refractivity contribution in [2.24, 2.45) is 0 Å². The highest BCUT2D eigenvalue weighted by atomic mass is 15.1. The molecule has 0 amide bonds. The van der Waals surface area contributed by atoms with Crippen molar-refractivity contribution in [1.82, 2.24) is 0 Å². The molecule has 2 aromatic rings. The number of anilines is 2. The van der Waals surface area contributed by atoms with Crippen molar-refractivity contribution in [3.8, 4) is 0 Å². The number of allylic oxidation sites excluding steroid dienone is 6. The molecule has 2 heteroatoms. The van der Waals surface area contributed by atoms with Crippen LogP contribution in [0, 0.1) is 0 Å². The third-order valence-electron chi connectivity index (χ3n) is 7.19. The molecule has 2 aromatic carbocycles. The maximum absolute atomic E-state index is 2.30. The predicted octanol–water partition coefficient (Wildman–Crippen LogP) is 9.87. The zero-order chi connectivity index (χ0) is 26.0. The minimum Gasteiger partial charge on any atom is -0.323 e. The summed E-state index contributed by atoms with van der Waals surface area (Å²) in [5.74, 6) is 1.89. The Labute approximate surface area is 219 Å². The number of hydrogen-bond donors (Lipinski definition) is 0. The summed E-state index contributed by atoms with van der Waals surface area (Å²) in [6, 6.07) is 13.5. The molecule has 2 aliphatic rings. The first-order valence-electron chi connectivity index (χ1n) is 13.5. The minimum atomic E-state index is 0.472. The van der Waals surface area contributed by atoms with Gasteiger partial charge >= 0.3 is 0 Å². The molecule has 2 nitrogen and oxygen atoms in total. The zero-order valence-electron chi connectivity index (χ0n) is 23.3. The molecule has 188 valence electrons. The van der Waals surface area contributed by atoms with Gasteiger partial charge in [-0.05, 0) is 81.4 Å². The van der Waals surface area contributed by atoms with Gasteiger partial charge in [-0.2, -0.15) is 0 Å². The van der Waals surface area contributed by atoms with Gasteiger partial charge in [0.25, 0.3) is 0 Å². The quantitative estimate of drug-likeness (QED) is 0.407. The first-order chi connectivity index (χ1) is 17.2. The second-order valence-corrected chi connectivity index (χ2v) is 11.2. The Bertz CT molecular complexity index is 1070. The first kappa shape index (κ1) is 25.8. The molecule has 0 fully saturated rings. The smallest absolute Gasteiger partial charge is 0.0518 e. The summed E-state index contributed by atoms with van der Waals surface area (Å²) in [6.45, 7) is 18.2. The summed E-state index contributed by atoms with van der Waals surface area (Å²) in [5.41, 5.74) is 10.7. The third-order valence-corrected chi connectivity index (χ3v) is 7.19. The van der Waals surface area contributed by atoms with Gasteiger partial charge in [0.2, 0.25) is 0 Å². The van der Waals surface area contributed by atoms with Gasteiger partial charge in [-0.25, -0.2) is 0 Å². The molecule has 4 rings (SSSR count). The summed E-state index contributed by atoms with van der Waals surface area (Å²) in [4.78, 5) is 4.59. The molecule has 0 aliphatic carbocycles. The Balaban J connectivity index is 1.63. The number of para-hydroxylation sites is 2. The fourth-order valence-electron chi connectivity index (χ4n) is 5.16. The number of nitrogens with zero attached hydrogens (tertiary/aromatic N) is 2. The highest BCUT2D eigenvalue weighted by Gasteiger charge is 2.20. The van der Waals surface area contributed by atoms with Gasteiger partial charge in [0.1, 0.15) is 0 Å². The fraction of sp³-hybridized carbons (Fsp3) is 0.353. The second kappa shape index (κ2) is 10.8. The van der Waals surface area contributed by atoms with Crippen molar-refractivity contribution >= 4 is 11.4 Å². The number of benzene rings is 2. The van der Waals surface area contributed by atoms with Gasteiger partial charge in [-0.3, -0.25) is 0 Å². The van der Waals surface area contributed by atoms with E-state index in [4.69, 9.17) is 0 Å². The van der Waals surface area contributed by atoms with Crippen molar-refractivity contribution in [3.63, 3.8) is 0 Å². The molecule has 0 aromatic heterocycles. The maximum atomic E-state index is 2.30. The lowest BCUT2D eigenvalue weighted by Gasteiger charge is -2.29. The molecule has 0 bridgehead atoms. The Kier molecular flexibility index (Phi) is 7.73. The van der Waals surface area contributed by atoms with Crippen molar-refractivity contribution in [3.05, 3.63) is 119 Å². The topological polar surface area (TPSA) is 6.48 Å². The maximum Gasteiger partial charge on any atom is 0.0518 e. The predicted molar refractivity (Wildman–Crippen MR) is 158 cm³/mol. The molecule has 2 heterocycles. The van der Waals surface area contributed by atoms with Gasteiger partial charge in [0.05, 0.1) is 11.4 Å². The minimum absolute atomic E-state index is 0.472. The lowest BCUT2D eigenvalue weighted by Crippen LogP contribution is -2.17. The van der Waals surface area contributed by atoms with Crippen molar-refractivity contribution in [2.75, 3.05) is 9.80 Å². The summed E-state index contributed by atoms with van der Waals surface area (Å²) in [5, 5.41) is 0. The van der Waals surface area contributed by atoms with Gasteiger partial charge in [-0.15, -0.1) is 0 Å². The Morgan fingerprint density at radius 1 is 0.417 bits per heavy atom. The SMILES string of the molecule is CC(C)c1cccc(C(C)C)c1N1C=CC(=C2C=CN(c3c(C(C)C)cccc3C(C)C)C=C2)C=C1. The van der Waals surface area contributed by atoms with Crippen LogP contribution in [-0.2, 0) is 0 Å². The van der Waals surface area contributed by atoms with Crippen LogP contribution in [0.5, 0.6) is 0 Å². The zero-order valence-corrected chi connectivity index (χ0v) is 23.3. The van der Waals surface area contributed by atoms with Crippen LogP contribution in [-0.4, -0.2) is 0 Å². The highest BCUT2D eigenvalue weighted by molar-refractivity contribution is 5.70. The lowest BCUT2D eigenvalue weighted by molar-refractivity contribution is 0.829. The Morgan fingerprint density at radius 3 is 0.889 bits per heavy atom. The van der Waals surface area contributed by atoms with E-state index < -0.39 is 0 Å². The van der Waals surface area contributed by atoms with E-state index in [0.717, 1.165) is 0 Å². The van der Waals surface area contributed by atoms with Crippen molar-refractivity contribution < 1.29 is 0 Å². The van der Waals surface area contributed by atoms with Crippen LogP contribution in [0.25, 0.3) is 0 Å². The van der Waals surface area contributed by atoms with Gasteiger partial charge in [-0.1, -0.05) is 91.8 Å². The van der Waals surface area contributed by atoms with Crippen LogP contribution >= 0.6 is 0 Å². The van der Waals surface area contributed by atoms with E-state index in [9.17, 15) is 0 Å². The van der Waals surface area contributed by atoms with Crippen LogP contribution in [0.2, 0.25) is 0 Å². The van der Waals surface area contributed by atoms with E-state index >= 15 is 0 Å². The third kappa shape index (κ3) is 5.14. The van der Waals surface area contributed by atoms with Crippen LogP contribution < -0.4 is 9.80 Å². The van der Waals surface area contributed by atoms with Gasteiger partial charge in [0.15, 0.2) is 0 Å². The van der Waals surface area contributed by atoms with Crippen LogP contribution in [0.1, 0.15) is 101 Å². The standard InChI is InChI=1S/C34H42N2/c1-23(2)29-11-9-12-30(24(3)4)33(29)35-19-15-27(16-20-35)28-17-21-36(22-18-28)34-31(25(5)6)13-10-14-32(34)26(7)8/h9-26H,1-8H3. The van der Waals surface area contributed by atoms with Crippen LogP contribution in [0.15, 0.2) is 96.6 Å². The van der Waals surface area contributed by atoms with Crippen LogP contribution in [0.3, 0.4) is 0 Å². The highest BCUT2D eigenvalue weighted by Crippen LogP contribution is 2.39. The molecule has 0 unspecified atom stereocenters. The molecule has 0 saturated carbocycles. The molecule has 36 heavy (non-hydrogen) atoms. The van der Waals surface area contributed by atoms with E-state index in [0.29, 0.717) is 23.7 Å². The largest absolute Gasteiger partial charge is 0.323 e. The Morgan fingerprint density at radius 2 is 0.667 bits per heavy atom. The van der Waals surface area contributed by atoms with E-state index in [1.807, 2.05) is 0 Å². The molecule has 0 N–H and O–H groups in total. The molecular formula is C34H42N2. The lowest BCUT2D eigenvalue weighted by atomic mass is 9.91. The Hall–Kier alpha value is -3.26. The summed E-state index contributed by atoms with van der Waals surface area (Å²) in [6.07, 6.45) is 17.8.